The second-order valence-electron chi connectivity index (χ2n) is 41.4. The molecule has 0 aliphatic carbocycles. The molecule has 20 aromatic carbocycles. The van der Waals surface area contributed by atoms with Crippen molar-refractivity contribution < 1.29 is 8.83 Å². The Bertz CT molecular complexity index is 8620. The average Bonchev–Trinajstić information content (AvgIpc) is 1.54. The van der Waals surface area contributed by atoms with Gasteiger partial charge in [0.15, 0.2) is 11.2 Å². The largest absolute Gasteiger partial charge is 0.454 e. The average molecular weight is 1760 g/mol. The van der Waals surface area contributed by atoms with E-state index in [-0.39, 0.29) is 21.7 Å². The van der Waals surface area contributed by atoms with E-state index in [2.05, 4.69) is 488 Å². The van der Waals surface area contributed by atoms with Gasteiger partial charge in [0.1, 0.15) is 11.2 Å². The van der Waals surface area contributed by atoms with Gasteiger partial charge in [-0.15, -0.1) is 0 Å². The van der Waals surface area contributed by atoms with E-state index < -0.39 is 0 Å². The topological polar surface area (TPSA) is 48.1 Å². The number of fused-ring (bicyclic) bond motifs is 22. The maximum Gasteiger partial charge on any atom is 0.159 e. The van der Waals surface area contributed by atoms with Crippen molar-refractivity contribution in [2.24, 2.45) is 0 Å². The van der Waals surface area contributed by atoms with Crippen LogP contribution in [0.1, 0.15) is 105 Å². The predicted octanol–water partition coefficient (Wildman–Crippen LogP) is 37.2. The van der Waals surface area contributed by atoms with E-state index >= 15 is 0 Å². The summed E-state index contributed by atoms with van der Waals surface area (Å²) in [5, 5.41) is 24.2. The molecule has 0 N–H and O–H groups in total. The lowest BCUT2D eigenvalue weighted by molar-refractivity contribution is 0.590. The summed E-state index contributed by atoms with van der Waals surface area (Å²) >= 11 is 0. The first kappa shape index (κ1) is 81.8. The van der Waals surface area contributed by atoms with Gasteiger partial charge in [0.25, 0.3) is 0 Å². The van der Waals surface area contributed by atoms with Crippen LogP contribution in [-0.2, 0) is 21.7 Å². The molecule has 0 bridgehead atoms. The number of nitrogens with zero attached hydrogens (tertiary/aromatic N) is 6. The molecule has 0 amide bonds. The molecule has 0 aliphatic heterocycles. The van der Waals surface area contributed by atoms with Crippen molar-refractivity contribution in [1.82, 2.24) is 8.80 Å². The first-order chi connectivity index (χ1) is 65.9. The van der Waals surface area contributed by atoms with Gasteiger partial charge in [-0.05, 0) is 281 Å². The van der Waals surface area contributed by atoms with Crippen LogP contribution in [0.15, 0.2) is 409 Å². The minimum atomic E-state index is 0.0689. The Morgan fingerprint density at radius 1 is 0.176 bits per heavy atom. The molecule has 26 rings (SSSR count). The number of benzene rings is 20. The molecule has 26 aromatic rings. The molecule has 656 valence electrons. The second-order valence-corrected chi connectivity index (χ2v) is 41.4. The third kappa shape index (κ3) is 13.5. The molecular weight excluding hydrogens is 1650 g/mol. The standard InChI is InChI=1S/C66H65N3.C62H37N3O2/c1-63(2,3)46-18-28-50(29-19-46)67(51-30-20-47(21-31-51)64(4,5)6)54-26-16-42-38-58-56-14-13-15-57-59-39-43-17-27-55(37-45(43)41-61(59)69(62(56)57)60(58)40-44(42)36-54)68(52-32-22-48(23-33-52)65(7,8)9)53-34-24-49(25-35-53)66(10,11)12;1-3-14-42(15-4-1)63(54-24-12-22-50-46-18-7-9-26-58(46)66-61(50)54)44-30-28-38-34-52-48-20-11-21-49-53-35-39-29-31-45(33-41(39)37-57(53)65(60(48)49)56(52)36-40(38)32-44)64(43-16-5-2-6-17-43)55-25-13-23-51-47-19-8-10-27-59(47)67-62(51)55/h13-41H,1-12H3;1-37H. The van der Waals surface area contributed by atoms with Gasteiger partial charge in [-0.2, -0.15) is 0 Å². The quantitative estimate of drug-likeness (QED) is 0.121. The summed E-state index contributed by atoms with van der Waals surface area (Å²) in [4.78, 5) is 9.47. The molecule has 8 heteroatoms. The van der Waals surface area contributed by atoms with E-state index in [0.717, 1.165) is 123 Å². The molecule has 6 heterocycles. The van der Waals surface area contributed by atoms with Gasteiger partial charge in [0.05, 0.1) is 44.5 Å². The zero-order chi connectivity index (χ0) is 92.1. The first-order valence-electron chi connectivity index (χ1n) is 47.6. The Morgan fingerprint density at radius 3 is 0.699 bits per heavy atom. The van der Waals surface area contributed by atoms with E-state index in [0.29, 0.717) is 0 Å². The molecule has 0 unspecified atom stereocenters. The molecule has 8 nitrogen and oxygen atoms in total. The van der Waals surface area contributed by atoms with E-state index in [9.17, 15) is 0 Å². The molecule has 0 fully saturated rings. The molecule has 0 spiro atoms. The van der Waals surface area contributed by atoms with Gasteiger partial charge in [-0.3, -0.25) is 0 Å². The Hall–Kier alpha value is -16.2. The fraction of sp³-hybridized carbons (Fsp3) is 0.125. The van der Waals surface area contributed by atoms with Gasteiger partial charge in [-0.1, -0.05) is 289 Å². The van der Waals surface area contributed by atoms with Crippen molar-refractivity contribution in [3.05, 3.63) is 423 Å². The van der Waals surface area contributed by atoms with Crippen LogP contribution < -0.4 is 19.6 Å². The van der Waals surface area contributed by atoms with Crippen molar-refractivity contribution in [3.63, 3.8) is 0 Å². The van der Waals surface area contributed by atoms with E-state index in [1.807, 2.05) is 24.3 Å². The van der Waals surface area contributed by atoms with Crippen molar-refractivity contribution in [2.45, 2.75) is 105 Å². The third-order valence-electron chi connectivity index (χ3n) is 28.7. The summed E-state index contributed by atoms with van der Waals surface area (Å²) in [6.45, 7) is 27.4. The Kier molecular flexibility index (Phi) is 18.5. The summed E-state index contributed by atoms with van der Waals surface area (Å²) in [7, 11) is 0. The maximum atomic E-state index is 6.63. The highest BCUT2D eigenvalue weighted by atomic mass is 16.3. The fourth-order valence-electron chi connectivity index (χ4n) is 21.6. The Labute approximate surface area is 790 Å². The molecule has 6 aromatic heterocycles. The number of furan rings is 2. The summed E-state index contributed by atoms with van der Waals surface area (Å²) < 4.78 is 18.3. The maximum absolute atomic E-state index is 6.63. The SMILES string of the molecule is CC(C)(C)c1ccc(N(c2ccc(C(C)(C)C)cc2)c2ccc3cc4c5cccc6c7cc8ccc(N(c9ccc(C(C)(C)C)cc9)c9ccc(C(C)(C)C)cc9)cc8cc7n(c4cc3c2)c56)cc1.c1ccc(N(c2ccc3cc4c5cccc6c7cc8ccc(N(c9ccccc9)c9cccc%10c9oc9ccccc9%10)cc8cc7n(c4cc3c2)c56)c2cccc3c2oc2ccccc23)cc1. The Balaban J connectivity index is 0.000000145. The lowest BCUT2D eigenvalue weighted by atomic mass is 9.86. The molecule has 0 saturated carbocycles. The van der Waals surface area contributed by atoms with Gasteiger partial charge < -0.3 is 37.2 Å². The minimum absolute atomic E-state index is 0.0689. The van der Waals surface area contributed by atoms with Gasteiger partial charge >= 0.3 is 0 Å². The highest BCUT2D eigenvalue weighted by Crippen LogP contribution is 2.52. The summed E-state index contributed by atoms with van der Waals surface area (Å²) in [6.07, 6.45) is 0. The predicted molar refractivity (Wildman–Crippen MR) is 580 cm³/mol. The zero-order valence-electron chi connectivity index (χ0n) is 78.6. The van der Waals surface area contributed by atoms with Crippen LogP contribution >= 0.6 is 0 Å². The lowest BCUT2D eigenvalue weighted by Crippen LogP contribution is -2.14. The molecule has 0 radical (unpaired) electrons. The van der Waals surface area contributed by atoms with Crippen LogP contribution in [0.25, 0.3) is 163 Å². The van der Waals surface area contributed by atoms with Crippen molar-refractivity contribution in [2.75, 3.05) is 19.6 Å². The number of aromatic nitrogens is 2. The summed E-state index contributed by atoms with van der Waals surface area (Å²) in [5.41, 5.74) is 29.5. The van der Waals surface area contributed by atoms with Crippen LogP contribution in [0.3, 0.4) is 0 Å². The molecule has 0 atom stereocenters. The Morgan fingerprint density at radius 2 is 0.412 bits per heavy atom. The highest BCUT2D eigenvalue weighted by Gasteiger charge is 2.29. The van der Waals surface area contributed by atoms with Crippen LogP contribution in [0.2, 0.25) is 0 Å². The van der Waals surface area contributed by atoms with Crippen LogP contribution in [0.4, 0.5) is 68.2 Å². The molecule has 0 aliphatic rings. The number of hydrogen-bond donors (Lipinski definition) is 0. The summed E-state index contributed by atoms with van der Waals surface area (Å²) in [6, 6.07) is 148. The number of rotatable bonds is 12. The molecular formula is C128H102N6O2. The smallest absolute Gasteiger partial charge is 0.159 e. The normalized spacial score (nSPS) is 12.6. The van der Waals surface area contributed by atoms with Crippen molar-refractivity contribution >= 4 is 231 Å². The van der Waals surface area contributed by atoms with Crippen LogP contribution in [0.5, 0.6) is 0 Å². The molecule has 136 heavy (non-hydrogen) atoms. The van der Waals surface area contributed by atoms with Gasteiger partial charge in [0, 0.05) is 122 Å². The minimum Gasteiger partial charge on any atom is -0.454 e. The van der Waals surface area contributed by atoms with Crippen molar-refractivity contribution in [3.8, 4) is 0 Å². The van der Waals surface area contributed by atoms with E-state index in [1.54, 1.807) is 0 Å². The number of para-hydroxylation sites is 8. The van der Waals surface area contributed by atoms with Crippen LogP contribution in [-0.4, -0.2) is 8.80 Å². The summed E-state index contributed by atoms with van der Waals surface area (Å²) in [5.74, 6) is 0. The van der Waals surface area contributed by atoms with E-state index in [1.165, 1.54) is 131 Å². The zero-order valence-corrected chi connectivity index (χ0v) is 78.6. The number of hydrogen-bond acceptors (Lipinski definition) is 6. The number of anilines is 12. The highest BCUT2D eigenvalue weighted by molar-refractivity contribution is 6.28. The monoisotopic (exact) mass is 1750 g/mol. The third-order valence-corrected chi connectivity index (χ3v) is 28.7. The van der Waals surface area contributed by atoms with Crippen LogP contribution in [0, 0.1) is 0 Å². The van der Waals surface area contributed by atoms with E-state index in [4.69, 9.17) is 8.83 Å². The van der Waals surface area contributed by atoms with Crippen molar-refractivity contribution in [1.29, 1.82) is 0 Å². The van der Waals surface area contributed by atoms with Gasteiger partial charge in [0.2, 0.25) is 0 Å². The fourth-order valence-corrected chi connectivity index (χ4v) is 21.6. The lowest BCUT2D eigenvalue weighted by Gasteiger charge is -2.28. The van der Waals surface area contributed by atoms with Gasteiger partial charge in [-0.25, -0.2) is 0 Å². The molecule has 0 saturated heterocycles. The first-order valence-corrected chi connectivity index (χ1v) is 47.6. The second kappa shape index (κ2) is 30.7.